The Labute approximate surface area is 126 Å². The van der Waals surface area contributed by atoms with Gasteiger partial charge in [-0.05, 0) is 25.1 Å². The average molecular weight is 352 g/mol. The fourth-order valence-corrected chi connectivity index (χ4v) is 1.57. The number of rotatable bonds is 8. The van der Waals surface area contributed by atoms with Crippen LogP contribution >= 0.6 is 0 Å². The second-order valence-corrected chi connectivity index (χ2v) is 4.06. The molecule has 0 aliphatic rings. The van der Waals surface area contributed by atoms with Crippen LogP contribution in [-0.4, -0.2) is 31.1 Å². The molecule has 107 valence electrons. The van der Waals surface area contributed by atoms with Crippen LogP contribution in [0.1, 0.15) is 12.0 Å². The van der Waals surface area contributed by atoms with Gasteiger partial charge in [-0.15, -0.1) is 6.54 Å². The first-order valence-corrected chi connectivity index (χ1v) is 5.99. The standard InChI is InChI=1S/C12H19N4O2.Ru/c1-10-3-4-11(12(9-10)16(17)18)15-8-7-14-6-2-5-13;/h3-4,9,13-15H,2,5-8H2,1H3;/q-1;+1. The van der Waals surface area contributed by atoms with Crippen LogP contribution in [0.25, 0.3) is 5.73 Å². The maximum Gasteiger partial charge on any atom is 1.00 e. The molecular formula is C12H19N4O2Ru. The predicted molar refractivity (Wildman–Crippen MR) is 73.0 cm³/mol. The number of nitro benzene ring substituents is 1. The summed E-state index contributed by atoms with van der Waals surface area (Å²) >= 11 is 0. The van der Waals surface area contributed by atoms with Gasteiger partial charge in [0.25, 0.3) is 5.69 Å². The first-order chi connectivity index (χ1) is 8.65. The molecule has 0 unspecified atom stereocenters. The van der Waals surface area contributed by atoms with Gasteiger partial charge in [-0.3, -0.25) is 10.1 Å². The van der Waals surface area contributed by atoms with Crippen LogP contribution in [0, 0.1) is 17.0 Å². The van der Waals surface area contributed by atoms with Gasteiger partial charge in [0.1, 0.15) is 5.69 Å². The predicted octanol–water partition coefficient (Wildman–Crippen LogP) is 2.34. The van der Waals surface area contributed by atoms with Gasteiger partial charge >= 0.3 is 19.5 Å². The van der Waals surface area contributed by atoms with Crippen molar-refractivity contribution in [2.45, 2.75) is 13.3 Å². The van der Waals surface area contributed by atoms with Crippen LogP contribution in [-0.2, 0) is 19.5 Å². The molecule has 0 amide bonds. The Morgan fingerprint density at radius 2 is 2.05 bits per heavy atom. The molecule has 0 saturated carbocycles. The van der Waals surface area contributed by atoms with E-state index >= 15 is 0 Å². The quantitative estimate of drug-likeness (QED) is 0.325. The molecule has 0 aliphatic heterocycles. The van der Waals surface area contributed by atoms with E-state index in [1.54, 1.807) is 12.1 Å². The Hall–Kier alpha value is -1.04. The number of hydrogen-bond donors (Lipinski definition) is 2. The topological polar surface area (TPSA) is 91.0 Å². The average Bonchev–Trinajstić information content (AvgIpc) is 2.35. The minimum atomic E-state index is -0.372. The summed E-state index contributed by atoms with van der Waals surface area (Å²) in [5, 5.41) is 17.1. The zero-order valence-corrected chi connectivity index (χ0v) is 12.6. The molecule has 0 heterocycles. The zero-order valence-electron chi connectivity index (χ0n) is 10.9. The number of nitrogens with zero attached hydrogens (tertiary/aromatic N) is 1. The van der Waals surface area contributed by atoms with Gasteiger partial charge in [-0.25, -0.2) is 0 Å². The smallest absolute Gasteiger partial charge is 0.677 e. The fourth-order valence-electron chi connectivity index (χ4n) is 1.57. The largest absolute Gasteiger partial charge is 1.00 e. The van der Waals surface area contributed by atoms with Crippen molar-refractivity contribution >= 4 is 11.4 Å². The van der Waals surface area contributed by atoms with E-state index in [2.05, 4.69) is 10.6 Å². The third-order valence-electron chi connectivity index (χ3n) is 2.50. The number of hydrogen-bond acceptors (Lipinski definition) is 4. The van der Waals surface area contributed by atoms with Crippen molar-refractivity contribution in [1.29, 1.82) is 0 Å². The third kappa shape index (κ3) is 6.61. The van der Waals surface area contributed by atoms with E-state index in [-0.39, 0.29) is 30.1 Å². The number of benzene rings is 1. The van der Waals surface area contributed by atoms with Crippen molar-refractivity contribution in [1.82, 2.24) is 5.32 Å². The molecule has 0 bridgehead atoms. The summed E-state index contributed by atoms with van der Waals surface area (Å²) in [6.07, 6.45) is 0.824. The molecule has 0 aromatic heterocycles. The van der Waals surface area contributed by atoms with E-state index in [0.717, 1.165) is 25.1 Å². The molecule has 1 aromatic carbocycles. The van der Waals surface area contributed by atoms with Crippen LogP contribution in [0.15, 0.2) is 18.2 Å². The van der Waals surface area contributed by atoms with Crippen molar-refractivity contribution in [3.8, 4) is 0 Å². The van der Waals surface area contributed by atoms with Gasteiger partial charge in [-0.1, -0.05) is 12.5 Å². The second kappa shape index (κ2) is 9.84. The molecule has 0 aliphatic carbocycles. The van der Waals surface area contributed by atoms with E-state index in [1.165, 1.54) is 0 Å². The van der Waals surface area contributed by atoms with Crippen LogP contribution in [0.3, 0.4) is 0 Å². The van der Waals surface area contributed by atoms with E-state index in [1.807, 2.05) is 13.0 Å². The molecule has 0 atom stereocenters. The summed E-state index contributed by atoms with van der Waals surface area (Å²) in [4.78, 5) is 10.5. The first kappa shape index (κ1) is 18.0. The second-order valence-electron chi connectivity index (χ2n) is 4.06. The van der Waals surface area contributed by atoms with Crippen molar-refractivity contribution in [2.24, 2.45) is 0 Å². The van der Waals surface area contributed by atoms with Gasteiger partial charge in [0.15, 0.2) is 0 Å². The third-order valence-corrected chi connectivity index (χ3v) is 2.50. The molecular weight excluding hydrogens is 333 g/mol. The van der Waals surface area contributed by atoms with Crippen LogP contribution in [0.4, 0.5) is 11.4 Å². The van der Waals surface area contributed by atoms with Gasteiger partial charge < -0.3 is 16.4 Å². The first-order valence-electron chi connectivity index (χ1n) is 5.99. The van der Waals surface area contributed by atoms with E-state index < -0.39 is 0 Å². The van der Waals surface area contributed by atoms with Gasteiger partial charge in [0.05, 0.1) is 4.92 Å². The summed E-state index contributed by atoms with van der Waals surface area (Å²) in [6.45, 7) is 4.41. The van der Waals surface area contributed by atoms with Crippen molar-refractivity contribution < 1.29 is 24.4 Å². The Balaban J connectivity index is 0.00000324. The number of nitrogens with one attached hydrogen (secondary N) is 3. The van der Waals surface area contributed by atoms with E-state index in [4.69, 9.17) is 5.73 Å². The molecule has 1 aromatic rings. The molecule has 6 nitrogen and oxygen atoms in total. The molecule has 1 radical (unpaired) electrons. The summed E-state index contributed by atoms with van der Waals surface area (Å²) in [5.41, 5.74) is 8.52. The van der Waals surface area contributed by atoms with Crippen molar-refractivity contribution in [3.63, 3.8) is 0 Å². The normalized spacial score (nSPS) is 9.79. The molecule has 7 heteroatoms. The summed E-state index contributed by atoms with van der Waals surface area (Å²) < 4.78 is 0. The molecule has 0 spiro atoms. The van der Waals surface area contributed by atoms with Crippen molar-refractivity contribution in [3.05, 3.63) is 39.6 Å². The Morgan fingerprint density at radius 3 is 2.68 bits per heavy atom. The number of aryl methyl sites for hydroxylation is 1. The molecule has 0 saturated heterocycles. The monoisotopic (exact) mass is 353 g/mol. The van der Waals surface area contributed by atoms with Crippen LogP contribution in [0.2, 0.25) is 0 Å². The summed E-state index contributed by atoms with van der Waals surface area (Å²) in [5.74, 6) is 0. The molecule has 19 heavy (non-hydrogen) atoms. The zero-order chi connectivity index (χ0) is 13.4. The Kier molecular flexibility index (Phi) is 9.30. The van der Waals surface area contributed by atoms with Gasteiger partial charge in [0.2, 0.25) is 0 Å². The Morgan fingerprint density at radius 1 is 1.32 bits per heavy atom. The minimum absolute atomic E-state index is 0. The van der Waals surface area contributed by atoms with Crippen molar-refractivity contribution in [2.75, 3.05) is 31.5 Å². The SMILES string of the molecule is Cc1ccc(NCCNCCC[NH-])c([N+](=O)[O-])c1.[Ru+]. The fraction of sp³-hybridized carbons (Fsp3) is 0.500. The molecule has 3 N–H and O–H groups in total. The molecule has 0 fully saturated rings. The number of anilines is 1. The maximum atomic E-state index is 10.9. The Bertz CT molecular complexity index is 401. The van der Waals surface area contributed by atoms with Crippen LogP contribution < -0.4 is 10.6 Å². The van der Waals surface area contributed by atoms with Gasteiger partial charge in [0, 0.05) is 19.2 Å². The summed E-state index contributed by atoms with van der Waals surface area (Å²) in [7, 11) is 0. The van der Waals surface area contributed by atoms with E-state index in [0.29, 0.717) is 18.8 Å². The van der Waals surface area contributed by atoms with Gasteiger partial charge in [-0.2, -0.15) is 0 Å². The maximum absolute atomic E-state index is 10.9. The minimum Gasteiger partial charge on any atom is -0.677 e. The number of nitro groups is 1. The molecule has 1 rings (SSSR count). The van der Waals surface area contributed by atoms with E-state index in [9.17, 15) is 10.1 Å². The summed E-state index contributed by atoms with van der Waals surface area (Å²) in [6, 6.07) is 5.15. The van der Waals surface area contributed by atoms with Crippen LogP contribution in [0.5, 0.6) is 0 Å².